The van der Waals surface area contributed by atoms with E-state index < -0.39 is 6.36 Å². The van der Waals surface area contributed by atoms with E-state index in [0.717, 1.165) is 15.8 Å². The number of ether oxygens (including phenoxy) is 1. The lowest BCUT2D eigenvalue weighted by Crippen LogP contribution is -2.17. The number of aromatic amines is 1. The number of fused-ring (bicyclic) bond motifs is 1. The van der Waals surface area contributed by atoms with Crippen molar-refractivity contribution in [3.05, 3.63) is 53.2 Å². The molecule has 0 bridgehead atoms. The van der Waals surface area contributed by atoms with Crippen LogP contribution >= 0.6 is 23.4 Å². The van der Waals surface area contributed by atoms with Crippen LogP contribution < -0.4 is 4.74 Å². The first-order valence-electron chi connectivity index (χ1n) is 6.80. The molecule has 1 aromatic heterocycles. The molecule has 0 fully saturated rings. The van der Waals surface area contributed by atoms with Gasteiger partial charge in [0.05, 0.1) is 6.61 Å². The molecule has 0 atom stereocenters. The van der Waals surface area contributed by atoms with E-state index in [1.54, 1.807) is 24.3 Å². The van der Waals surface area contributed by atoms with Gasteiger partial charge in [-0.3, -0.25) is 0 Å². The lowest BCUT2D eigenvalue weighted by molar-refractivity contribution is -0.274. The van der Waals surface area contributed by atoms with E-state index in [2.05, 4.69) is 9.72 Å². The van der Waals surface area contributed by atoms with Gasteiger partial charge in [-0.1, -0.05) is 29.4 Å². The molecule has 0 unspecified atom stereocenters. The second-order valence-corrected chi connectivity index (χ2v) is 6.49. The molecule has 2 aromatic carbocycles. The number of halogens is 4. The zero-order chi connectivity index (χ0) is 17.3. The average Bonchev–Trinajstić information content (AvgIpc) is 2.89. The molecule has 0 saturated carbocycles. The quantitative estimate of drug-likeness (QED) is 0.646. The van der Waals surface area contributed by atoms with E-state index in [4.69, 9.17) is 11.6 Å². The molecule has 0 aliphatic heterocycles. The summed E-state index contributed by atoms with van der Waals surface area (Å²) in [5.41, 5.74) is 1.38. The van der Waals surface area contributed by atoms with Crippen molar-refractivity contribution in [2.45, 2.75) is 22.8 Å². The third kappa shape index (κ3) is 3.98. The van der Waals surface area contributed by atoms with Gasteiger partial charge in [0, 0.05) is 31.4 Å². The number of hydrogen-bond acceptors (Lipinski definition) is 3. The van der Waals surface area contributed by atoms with Crippen molar-refractivity contribution < 1.29 is 23.0 Å². The summed E-state index contributed by atoms with van der Waals surface area (Å²) in [7, 11) is 0. The second kappa shape index (κ2) is 6.58. The van der Waals surface area contributed by atoms with Crippen LogP contribution in [0.25, 0.3) is 10.9 Å². The minimum Gasteiger partial charge on any atom is -0.406 e. The maximum atomic E-state index is 12.3. The number of H-pyrrole nitrogens is 1. The van der Waals surface area contributed by atoms with Crippen LogP contribution in [0.4, 0.5) is 13.2 Å². The Bertz CT molecular complexity index is 879. The summed E-state index contributed by atoms with van der Waals surface area (Å²) >= 11 is 7.35. The Morgan fingerprint density at radius 3 is 2.67 bits per heavy atom. The highest BCUT2D eigenvalue weighted by Gasteiger charge is 2.31. The third-order valence-corrected chi connectivity index (χ3v) is 4.42. The first kappa shape index (κ1) is 17.0. The monoisotopic (exact) mass is 373 g/mol. The summed E-state index contributed by atoms with van der Waals surface area (Å²) < 4.78 is 40.9. The van der Waals surface area contributed by atoms with Crippen molar-refractivity contribution in [2.75, 3.05) is 0 Å². The Labute approximate surface area is 144 Å². The van der Waals surface area contributed by atoms with Crippen LogP contribution in [-0.4, -0.2) is 16.5 Å². The van der Waals surface area contributed by atoms with E-state index in [0.29, 0.717) is 15.6 Å². The normalized spacial score (nSPS) is 11.9. The summed E-state index contributed by atoms with van der Waals surface area (Å²) in [6, 6.07) is 11.0. The van der Waals surface area contributed by atoms with Gasteiger partial charge in [-0.25, -0.2) is 0 Å². The summed E-state index contributed by atoms with van der Waals surface area (Å²) in [5, 5.41) is 10.6. The molecule has 3 aromatic rings. The Hall–Kier alpha value is -1.83. The number of rotatable bonds is 4. The lowest BCUT2D eigenvalue weighted by atomic mass is 10.2. The van der Waals surface area contributed by atoms with E-state index in [1.165, 1.54) is 30.0 Å². The van der Waals surface area contributed by atoms with Crippen LogP contribution in [0.15, 0.2) is 52.3 Å². The standard InChI is InChI=1S/C16H11ClF3NO2S/c17-9-4-14-13(6-10(8-22)21-14)15(5-9)24-12-3-1-2-11(7-12)23-16(18,19)20/h1-7,21-22H,8H2. The van der Waals surface area contributed by atoms with E-state index in [-0.39, 0.29) is 12.4 Å². The molecule has 3 nitrogen and oxygen atoms in total. The van der Waals surface area contributed by atoms with Crippen molar-refractivity contribution in [3.63, 3.8) is 0 Å². The van der Waals surface area contributed by atoms with Crippen molar-refractivity contribution in [1.29, 1.82) is 0 Å². The zero-order valence-electron chi connectivity index (χ0n) is 12.0. The average molecular weight is 374 g/mol. The first-order chi connectivity index (χ1) is 11.3. The minimum absolute atomic E-state index is 0.148. The van der Waals surface area contributed by atoms with Crippen LogP contribution in [-0.2, 0) is 6.61 Å². The van der Waals surface area contributed by atoms with Gasteiger partial charge in [0.2, 0.25) is 0 Å². The Balaban J connectivity index is 1.95. The third-order valence-electron chi connectivity index (χ3n) is 3.16. The fourth-order valence-corrected chi connectivity index (χ4v) is 3.58. The first-order valence-corrected chi connectivity index (χ1v) is 7.99. The van der Waals surface area contributed by atoms with Crippen molar-refractivity contribution in [1.82, 2.24) is 4.98 Å². The topological polar surface area (TPSA) is 45.2 Å². The van der Waals surface area contributed by atoms with Gasteiger partial charge in [-0.2, -0.15) is 0 Å². The number of aromatic nitrogens is 1. The highest BCUT2D eigenvalue weighted by Crippen LogP contribution is 2.37. The predicted molar refractivity (Wildman–Crippen MR) is 86.5 cm³/mol. The summed E-state index contributed by atoms with van der Waals surface area (Å²) in [6.45, 7) is -0.148. The number of nitrogens with one attached hydrogen (secondary N) is 1. The van der Waals surface area contributed by atoms with E-state index >= 15 is 0 Å². The smallest absolute Gasteiger partial charge is 0.406 e. The Morgan fingerprint density at radius 1 is 1.17 bits per heavy atom. The number of benzene rings is 2. The second-order valence-electron chi connectivity index (χ2n) is 4.94. The van der Waals surface area contributed by atoms with Gasteiger partial charge in [-0.05, 0) is 36.4 Å². The largest absolute Gasteiger partial charge is 0.573 e. The highest BCUT2D eigenvalue weighted by molar-refractivity contribution is 7.99. The molecule has 0 amide bonds. The fraction of sp³-hybridized carbons (Fsp3) is 0.125. The molecule has 3 rings (SSSR count). The van der Waals surface area contributed by atoms with Gasteiger partial charge < -0.3 is 14.8 Å². The van der Waals surface area contributed by atoms with Gasteiger partial charge in [0.15, 0.2) is 0 Å². The van der Waals surface area contributed by atoms with Gasteiger partial charge in [0.1, 0.15) is 5.75 Å². The molecule has 126 valence electrons. The Kier molecular flexibility index (Phi) is 4.67. The van der Waals surface area contributed by atoms with Crippen LogP contribution in [0.2, 0.25) is 5.02 Å². The molecule has 0 saturated heterocycles. The molecular weight excluding hydrogens is 363 g/mol. The van der Waals surface area contributed by atoms with Crippen molar-refractivity contribution in [2.24, 2.45) is 0 Å². The molecule has 1 heterocycles. The molecule has 2 N–H and O–H groups in total. The number of aliphatic hydroxyl groups is 1. The molecule has 8 heteroatoms. The Morgan fingerprint density at radius 2 is 1.96 bits per heavy atom. The lowest BCUT2D eigenvalue weighted by Gasteiger charge is -2.10. The molecule has 0 spiro atoms. The molecule has 0 aliphatic rings. The summed E-state index contributed by atoms with van der Waals surface area (Å²) in [5.74, 6) is -0.282. The number of aliphatic hydroxyl groups excluding tert-OH is 1. The zero-order valence-corrected chi connectivity index (χ0v) is 13.6. The molecule has 0 radical (unpaired) electrons. The summed E-state index contributed by atoms with van der Waals surface area (Å²) in [6.07, 6.45) is -4.73. The number of alkyl halides is 3. The highest BCUT2D eigenvalue weighted by atomic mass is 35.5. The van der Waals surface area contributed by atoms with Gasteiger partial charge in [-0.15, -0.1) is 13.2 Å². The molecular formula is C16H11ClF3NO2S. The number of hydrogen-bond donors (Lipinski definition) is 2. The van der Waals surface area contributed by atoms with Crippen LogP contribution in [0, 0.1) is 0 Å². The van der Waals surface area contributed by atoms with Crippen molar-refractivity contribution in [3.8, 4) is 5.75 Å². The maximum absolute atomic E-state index is 12.3. The van der Waals surface area contributed by atoms with Crippen LogP contribution in [0.5, 0.6) is 5.75 Å². The van der Waals surface area contributed by atoms with Gasteiger partial charge >= 0.3 is 6.36 Å². The predicted octanol–water partition coefficient (Wildman–Crippen LogP) is 5.36. The fourth-order valence-electron chi connectivity index (χ4n) is 2.26. The SMILES string of the molecule is OCc1cc2c(Sc3cccc(OC(F)(F)F)c3)cc(Cl)cc2[nH]1. The van der Waals surface area contributed by atoms with Crippen LogP contribution in [0.1, 0.15) is 5.69 Å². The minimum atomic E-state index is -4.73. The molecule has 24 heavy (non-hydrogen) atoms. The maximum Gasteiger partial charge on any atom is 0.573 e. The summed E-state index contributed by atoms with van der Waals surface area (Å²) in [4.78, 5) is 4.37. The van der Waals surface area contributed by atoms with Gasteiger partial charge in [0.25, 0.3) is 0 Å². The van der Waals surface area contributed by atoms with Crippen LogP contribution in [0.3, 0.4) is 0 Å². The van der Waals surface area contributed by atoms with Crippen molar-refractivity contribution >= 4 is 34.3 Å². The molecule has 0 aliphatic carbocycles. The van der Waals surface area contributed by atoms with E-state index in [1.807, 2.05) is 0 Å². The van der Waals surface area contributed by atoms with E-state index in [9.17, 15) is 18.3 Å².